The Balaban J connectivity index is 1.66. The van der Waals surface area contributed by atoms with Crippen molar-refractivity contribution in [1.29, 1.82) is 0 Å². The molecule has 5 aliphatic rings. The van der Waals surface area contributed by atoms with Gasteiger partial charge in [0.25, 0.3) is 0 Å². The number of hydrogen-bond donors (Lipinski definition) is 5. The van der Waals surface area contributed by atoms with Crippen molar-refractivity contribution in [2.24, 2.45) is 50.7 Å². The van der Waals surface area contributed by atoms with Gasteiger partial charge in [-0.3, -0.25) is 4.79 Å². The van der Waals surface area contributed by atoms with Crippen LogP contribution in [0.2, 0.25) is 0 Å². The van der Waals surface area contributed by atoms with Gasteiger partial charge in [0, 0.05) is 17.3 Å². The van der Waals surface area contributed by atoms with Crippen LogP contribution in [0.1, 0.15) is 79.6 Å². The Hall–Kier alpha value is -1.21. The number of carboxylic acid groups (broad SMARTS) is 1. The number of rotatable bonds is 2. The molecule has 0 amide bonds. The van der Waals surface area contributed by atoms with E-state index in [0.717, 1.165) is 24.8 Å². The minimum atomic E-state index is -1.09. The van der Waals surface area contributed by atoms with Crippen LogP contribution < -0.4 is 0 Å². The lowest BCUT2D eigenvalue weighted by molar-refractivity contribution is -0.273. The Kier molecular flexibility index (Phi) is 5.80. The van der Waals surface area contributed by atoms with E-state index in [1.807, 2.05) is 0 Å². The minimum absolute atomic E-state index is 0.0852. The van der Waals surface area contributed by atoms with E-state index in [1.54, 1.807) is 6.92 Å². The fourth-order valence-electron chi connectivity index (χ4n) is 10.9. The van der Waals surface area contributed by atoms with Gasteiger partial charge in [-0.05, 0) is 73.0 Å². The zero-order chi connectivity index (χ0) is 26.6. The van der Waals surface area contributed by atoms with Crippen molar-refractivity contribution in [3.63, 3.8) is 0 Å². The molecule has 0 heterocycles. The third kappa shape index (κ3) is 2.91. The Morgan fingerprint density at radius 3 is 2.33 bits per heavy atom. The summed E-state index contributed by atoms with van der Waals surface area (Å²) in [5, 5.41) is 54.6. The van der Waals surface area contributed by atoms with E-state index in [4.69, 9.17) is 0 Å². The molecule has 36 heavy (non-hydrogen) atoms. The number of aliphatic carboxylic acids is 1. The van der Waals surface area contributed by atoms with Crippen LogP contribution in [0.4, 0.5) is 0 Å². The third-order valence-corrected chi connectivity index (χ3v) is 13.0. The molecule has 0 radical (unpaired) electrons. The smallest absolute Gasteiger partial charge is 0.310 e. The fourth-order valence-corrected chi connectivity index (χ4v) is 10.9. The van der Waals surface area contributed by atoms with Gasteiger partial charge in [-0.1, -0.05) is 58.4 Å². The molecule has 0 aromatic heterocycles. The van der Waals surface area contributed by atoms with Crippen LogP contribution in [0.15, 0.2) is 23.8 Å². The van der Waals surface area contributed by atoms with Gasteiger partial charge in [0.15, 0.2) is 0 Å². The number of hydrogen-bond acceptors (Lipinski definition) is 5. The zero-order valence-corrected chi connectivity index (χ0v) is 22.6. The molecule has 202 valence electrons. The van der Waals surface area contributed by atoms with Crippen LogP contribution in [0.5, 0.6) is 0 Å². The first kappa shape index (κ1) is 26.4. The highest BCUT2D eigenvalue weighted by atomic mass is 16.4. The van der Waals surface area contributed by atoms with Gasteiger partial charge < -0.3 is 25.5 Å². The second-order valence-corrected chi connectivity index (χ2v) is 14.2. The summed E-state index contributed by atoms with van der Waals surface area (Å²) in [6, 6.07) is 0. The molecule has 0 saturated heterocycles. The van der Waals surface area contributed by atoms with Gasteiger partial charge in [0.05, 0.1) is 30.3 Å². The van der Waals surface area contributed by atoms with Crippen LogP contribution in [-0.2, 0) is 4.79 Å². The average molecular weight is 503 g/mol. The summed E-state index contributed by atoms with van der Waals surface area (Å²) in [4.78, 5) is 12.8. The number of aliphatic hydroxyl groups is 4. The lowest BCUT2D eigenvalue weighted by atomic mass is 9.32. The second kappa shape index (κ2) is 7.91. The standard InChI is InChI=1S/C30H46O6/c1-16-9-10-30(25(35)36)12-11-28(5)18(22(30)17(16)2)7-8-21-26(3)13-20(33)24(34)27(4,15-31)23(26)19(32)14-29(21,28)6/h7,17,19-24,31-34H,1,8-15H2,2-6H3,(H,35,36)/t17-,19+,20+,21+,22-,23+,24-,26+,27-,28+,29+,30-/m0/s1. The molecule has 4 saturated carbocycles. The maximum atomic E-state index is 12.8. The number of carbonyl (C=O) groups is 1. The highest BCUT2D eigenvalue weighted by Crippen LogP contribution is 2.75. The molecule has 0 bridgehead atoms. The summed E-state index contributed by atoms with van der Waals surface area (Å²) in [6.07, 6.45) is 3.93. The first-order valence-corrected chi connectivity index (χ1v) is 13.9. The van der Waals surface area contributed by atoms with Crippen LogP contribution in [0.3, 0.4) is 0 Å². The molecule has 4 fully saturated rings. The largest absolute Gasteiger partial charge is 0.481 e. The molecule has 5 aliphatic carbocycles. The maximum absolute atomic E-state index is 12.8. The molecule has 12 atom stereocenters. The molecule has 0 aromatic rings. The Bertz CT molecular complexity index is 1010. The SMILES string of the molecule is C=C1CC[C@]2(C(=O)O)CC[C@]3(C)C(=CC[C@@H]4[C@@]5(C)C[C@@H](O)[C@H](O)[C@@](C)(CO)[C@@H]5[C@H](O)C[C@]43C)[C@@H]2[C@H]1C. The Morgan fingerprint density at radius 1 is 1.06 bits per heavy atom. The molecule has 6 nitrogen and oxygen atoms in total. The summed E-state index contributed by atoms with van der Waals surface area (Å²) >= 11 is 0. The van der Waals surface area contributed by atoms with Gasteiger partial charge in [-0.2, -0.15) is 0 Å². The number of aliphatic hydroxyl groups excluding tert-OH is 4. The predicted molar refractivity (Wildman–Crippen MR) is 137 cm³/mol. The monoisotopic (exact) mass is 502 g/mol. The topological polar surface area (TPSA) is 118 Å². The molecular formula is C30H46O6. The summed E-state index contributed by atoms with van der Waals surface area (Å²) in [7, 11) is 0. The van der Waals surface area contributed by atoms with Crippen LogP contribution in [0, 0.1) is 50.7 Å². The minimum Gasteiger partial charge on any atom is -0.481 e. The van der Waals surface area contributed by atoms with E-state index in [9.17, 15) is 30.3 Å². The number of allylic oxidation sites excluding steroid dienone is 3. The molecule has 5 rings (SSSR count). The van der Waals surface area contributed by atoms with Gasteiger partial charge in [0.1, 0.15) is 0 Å². The molecule has 6 heteroatoms. The number of fused-ring (bicyclic) bond motifs is 7. The zero-order valence-electron chi connectivity index (χ0n) is 22.6. The highest BCUT2D eigenvalue weighted by Gasteiger charge is 2.72. The van der Waals surface area contributed by atoms with Crippen LogP contribution in [0.25, 0.3) is 0 Å². The maximum Gasteiger partial charge on any atom is 0.310 e. The second-order valence-electron chi connectivity index (χ2n) is 14.2. The summed E-state index contributed by atoms with van der Waals surface area (Å²) in [6.45, 7) is 14.7. The average Bonchev–Trinajstić information content (AvgIpc) is 2.80. The van der Waals surface area contributed by atoms with Gasteiger partial charge >= 0.3 is 5.97 Å². The van der Waals surface area contributed by atoms with Crippen LogP contribution in [-0.4, -0.2) is 56.4 Å². The molecule has 0 aliphatic heterocycles. The molecule has 5 N–H and O–H groups in total. The lowest BCUT2D eigenvalue weighted by Gasteiger charge is -2.72. The highest BCUT2D eigenvalue weighted by molar-refractivity contribution is 5.77. The fraction of sp³-hybridized carbons (Fsp3) is 0.833. The van der Waals surface area contributed by atoms with E-state index < -0.39 is 40.5 Å². The van der Waals surface area contributed by atoms with E-state index in [-0.39, 0.29) is 41.1 Å². The van der Waals surface area contributed by atoms with Crippen molar-refractivity contribution in [3.8, 4) is 0 Å². The van der Waals surface area contributed by atoms with Crippen molar-refractivity contribution in [2.75, 3.05) is 6.61 Å². The first-order valence-electron chi connectivity index (χ1n) is 13.9. The van der Waals surface area contributed by atoms with E-state index in [2.05, 4.69) is 40.3 Å². The van der Waals surface area contributed by atoms with Crippen LogP contribution >= 0.6 is 0 Å². The normalized spacial score (nSPS) is 56.5. The first-order chi connectivity index (χ1) is 16.6. The number of carboxylic acids is 1. The van der Waals surface area contributed by atoms with Crippen molar-refractivity contribution < 1.29 is 30.3 Å². The molecule has 0 unspecified atom stereocenters. The van der Waals surface area contributed by atoms with Crippen molar-refractivity contribution in [3.05, 3.63) is 23.8 Å². The summed E-state index contributed by atoms with van der Waals surface area (Å²) in [5.41, 5.74) is -0.502. The van der Waals surface area contributed by atoms with E-state index in [1.165, 1.54) is 5.57 Å². The lowest BCUT2D eigenvalue weighted by Crippen LogP contribution is -2.71. The quantitative estimate of drug-likeness (QED) is 0.365. The van der Waals surface area contributed by atoms with E-state index in [0.29, 0.717) is 25.7 Å². The van der Waals surface area contributed by atoms with Gasteiger partial charge in [0.2, 0.25) is 0 Å². The Morgan fingerprint density at radius 2 is 1.72 bits per heavy atom. The van der Waals surface area contributed by atoms with Gasteiger partial charge in [-0.25, -0.2) is 0 Å². The Labute approximate surface area is 215 Å². The van der Waals surface area contributed by atoms with E-state index >= 15 is 0 Å². The molecular weight excluding hydrogens is 456 g/mol. The summed E-state index contributed by atoms with van der Waals surface area (Å²) < 4.78 is 0. The third-order valence-electron chi connectivity index (χ3n) is 13.0. The molecule has 0 spiro atoms. The predicted octanol–water partition coefficient (Wildman–Crippen LogP) is 3.92. The molecule has 0 aromatic carbocycles. The van der Waals surface area contributed by atoms with Gasteiger partial charge in [-0.15, -0.1) is 0 Å². The van der Waals surface area contributed by atoms with Crippen molar-refractivity contribution in [2.45, 2.75) is 97.9 Å². The summed E-state index contributed by atoms with van der Waals surface area (Å²) in [5.74, 6) is -0.931. The van der Waals surface area contributed by atoms with Crippen molar-refractivity contribution in [1.82, 2.24) is 0 Å². The van der Waals surface area contributed by atoms with Crippen molar-refractivity contribution >= 4 is 5.97 Å².